The van der Waals surface area contributed by atoms with Crippen molar-refractivity contribution in [1.82, 2.24) is 5.43 Å². The molecule has 17 heavy (non-hydrogen) atoms. The molecule has 0 amide bonds. The van der Waals surface area contributed by atoms with Crippen molar-refractivity contribution in [2.45, 2.75) is 12.5 Å². The van der Waals surface area contributed by atoms with Crippen LogP contribution in [0.5, 0.6) is 0 Å². The van der Waals surface area contributed by atoms with E-state index in [1.54, 1.807) is 11.3 Å². The number of nitrogens with two attached hydrogens (primary N) is 1. The number of halogens is 2. The highest BCUT2D eigenvalue weighted by atomic mass is 79.9. The molecule has 1 heterocycles. The van der Waals surface area contributed by atoms with E-state index in [1.807, 2.05) is 12.1 Å². The molecular weight excluding hydrogens is 364 g/mol. The van der Waals surface area contributed by atoms with Crippen molar-refractivity contribution in [3.8, 4) is 0 Å². The lowest BCUT2D eigenvalue weighted by molar-refractivity contribution is 0.551. The molecule has 2 rings (SSSR count). The van der Waals surface area contributed by atoms with Gasteiger partial charge in [0.1, 0.15) is 0 Å². The van der Waals surface area contributed by atoms with Gasteiger partial charge >= 0.3 is 0 Å². The fourth-order valence-electron chi connectivity index (χ4n) is 1.65. The monoisotopic (exact) mass is 374 g/mol. The molecule has 0 spiro atoms. The van der Waals surface area contributed by atoms with Gasteiger partial charge in [0.2, 0.25) is 0 Å². The van der Waals surface area contributed by atoms with Gasteiger partial charge < -0.3 is 0 Å². The third-order valence-electron chi connectivity index (χ3n) is 2.57. The largest absolute Gasteiger partial charge is 0.271 e. The summed E-state index contributed by atoms with van der Waals surface area (Å²) >= 11 is 8.65. The number of hydrazine groups is 1. The number of rotatable bonds is 4. The van der Waals surface area contributed by atoms with Crippen LogP contribution in [0.15, 0.2) is 44.0 Å². The maximum atomic E-state index is 5.64. The summed E-state index contributed by atoms with van der Waals surface area (Å²) in [6.45, 7) is 0. The molecule has 3 N–H and O–H groups in total. The maximum Gasteiger partial charge on any atom is 0.0519 e. The molecule has 1 atom stereocenters. The van der Waals surface area contributed by atoms with Gasteiger partial charge in [-0.1, -0.05) is 28.1 Å². The van der Waals surface area contributed by atoms with Crippen molar-refractivity contribution >= 4 is 43.2 Å². The van der Waals surface area contributed by atoms with Gasteiger partial charge in [0.05, 0.1) is 6.04 Å². The van der Waals surface area contributed by atoms with Crippen molar-refractivity contribution in [3.63, 3.8) is 0 Å². The molecule has 0 aliphatic rings. The molecule has 0 radical (unpaired) electrons. The third-order valence-corrected chi connectivity index (χ3v) is 4.85. The Hall–Kier alpha value is -0.200. The fourth-order valence-corrected chi connectivity index (χ4v) is 3.55. The van der Waals surface area contributed by atoms with E-state index in [9.17, 15) is 0 Å². The number of benzene rings is 1. The molecule has 0 aliphatic heterocycles. The quantitative estimate of drug-likeness (QED) is 0.625. The zero-order valence-corrected chi connectivity index (χ0v) is 13.0. The number of nitrogens with one attached hydrogen (secondary N) is 1. The van der Waals surface area contributed by atoms with Crippen molar-refractivity contribution in [2.24, 2.45) is 5.84 Å². The molecule has 0 saturated heterocycles. The summed E-state index contributed by atoms with van der Waals surface area (Å²) in [6.07, 6.45) is 0.874. The molecule has 0 saturated carbocycles. The van der Waals surface area contributed by atoms with Crippen LogP contribution in [0.3, 0.4) is 0 Å². The molecule has 90 valence electrons. The average Bonchev–Trinajstić information content (AvgIpc) is 2.75. The Bertz CT molecular complexity index is 482. The summed E-state index contributed by atoms with van der Waals surface area (Å²) < 4.78 is 2.21. The highest BCUT2D eigenvalue weighted by Crippen LogP contribution is 2.29. The van der Waals surface area contributed by atoms with E-state index >= 15 is 0 Å². The Morgan fingerprint density at radius 2 is 1.88 bits per heavy atom. The van der Waals surface area contributed by atoms with Crippen LogP contribution in [0.4, 0.5) is 0 Å². The summed E-state index contributed by atoms with van der Waals surface area (Å²) in [4.78, 5) is 0. The van der Waals surface area contributed by atoms with Crippen LogP contribution in [-0.4, -0.2) is 0 Å². The summed E-state index contributed by atoms with van der Waals surface area (Å²) in [5.41, 5.74) is 5.34. The molecule has 0 bridgehead atoms. The van der Waals surface area contributed by atoms with Crippen LogP contribution in [0.2, 0.25) is 0 Å². The van der Waals surface area contributed by atoms with Crippen molar-refractivity contribution in [2.75, 3.05) is 0 Å². The Kier molecular flexibility index (Phi) is 4.76. The molecule has 2 aromatic rings. The van der Waals surface area contributed by atoms with Crippen LogP contribution in [0, 0.1) is 0 Å². The van der Waals surface area contributed by atoms with Crippen LogP contribution < -0.4 is 11.3 Å². The van der Waals surface area contributed by atoms with Crippen molar-refractivity contribution in [1.29, 1.82) is 0 Å². The van der Waals surface area contributed by atoms with E-state index in [0.29, 0.717) is 0 Å². The summed E-state index contributed by atoms with van der Waals surface area (Å²) in [7, 11) is 0. The summed E-state index contributed by atoms with van der Waals surface area (Å²) in [5, 5.41) is 4.19. The Balaban J connectivity index is 2.16. The van der Waals surface area contributed by atoms with E-state index in [-0.39, 0.29) is 6.04 Å². The van der Waals surface area contributed by atoms with Gasteiger partial charge in [0, 0.05) is 14.3 Å². The van der Waals surface area contributed by atoms with Gasteiger partial charge in [-0.2, -0.15) is 11.3 Å². The van der Waals surface area contributed by atoms with Gasteiger partial charge in [-0.05, 0) is 51.0 Å². The molecule has 1 unspecified atom stereocenters. The molecular formula is C12H12Br2N2S. The van der Waals surface area contributed by atoms with E-state index in [0.717, 1.165) is 15.4 Å². The molecule has 0 fully saturated rings. The van der Waals surface area contributed by atoms with Crippen LogP contribution >= 0.6 is 43.2 Å². The first-order valence-electron chi connectivity index (χ1n) is 5.13. The van der Waals surface area contributed by atoms with Gasteiger partial charge in [-0.25, -0.2) is 0 Å². The second-order valence-corrected chi connectivity index (χ2v) is 6.24. The lowest BCUT2D eigenvalue weighted by atomic mass is 10.0. The average molecular weight is 376 g/mol. The van der Waals surface area contributed by atoms with E-state index in [4.69, 9.17) is 5.84 Å². The minimum Gasteiger partial charge on any atom is -0.271 e. The predicted molar refractivity (Wildman–Crippen MR) is 79.9 cm³/mol. The highest BCUT2D eigenvalue weighted by Gasteiger charge is 2.14. The van der Waals surface area contributed by atoms with E-state index < -0.39 is 0 Å². The number of thiophene rings is 1. The lowest BCUT2D eigenvalue weighted by Crippen LogP contribution is -2.29. The zero-order valence-electron chi connectivity index (χ0n) is 8.99. The normalized spacial score (nSPS) is 12.6. The predicted octanol–water partition coefficient (Wildman–Crippen LogP) is 4.02. The highest BCUT2D eigenvalue weighted by molar-refractivity contribution is 9.10. The van der Waals surface area contributed by atoms with Crippen molar-refractivity contribution in [3.05, 3.63) is 55.1 Å². The first kappa shape index (κ1) is 13.2. The van der Waals surface area contributed by atoms with E-state index in [2.05, 4.69) is 60.2 Å². The lowest BCUT2D eigenvalue weighted by Gasteiger charge is -2.15. The van der Waals surface area contributed by atoms with Crippen LogP contribution in [-0.2, 0) is 6.42 Å². The topological polar surface area (TPSA) is 38.0 Å². The standard InChI is InChI=1S/C12H12Br2N2S/c13-9-3-1-8(2-4-9)5-12(16-15)10-6-17-7-11(10)14/h1-4,6-7,12,16H,5,15H2. The third kappa shape index (κ3) is 3.39. The summed E-state index contributed by atoms with van der Waals surface area (Å²) in [6, 6.07) is 8.44. The SMILES string of the molecule is NNC(Cc1ccc(Br)cc1)c1cscc1Br. The molecule has 0 aliphatic carbocycles. The molecule has 5 heteroatoms. The first-order valence-corrected chi connectivity index (χ1v) is 7.65. The molecule has 1 aromatic heterocycles. The van der Waals surface area contributed by atoms with Gasteiger partial charge in [-0.15, -0.1) is 0 Å². The smallest absolute Gasteiger partial charge is 0.0519 e. The fraction of sp³-hybridized carbons (Fsp3) is 0.167. The van der Waals surface area contributed by atoms with Crippen LogP contribution in [0.25, 0.3) is 0 Å². The van der Waals surface area contributed by atoms with Gasteiger partial charge in [0.15, 0.2) is 0 Å². The maximum absolute atomic E-state index is 5.64. The number of hydrogen-bond donors (Lipinski definition) is 2. The Morgan fingerprint density at radius 3 is 2.41 bits per heavy atom. The Labute approximate surface area is 121 Å². The van der Waals surface area contributed by atoms with Gasteiger partial charge in [-0.3, -0.25) is 11.3 Å². The zero-order chi connectivity index (χ0) is 12.3. The second kappa shape index (κ2) is 6.11. The van der Waals surface area contributed by atoms with Crippen molar-refractivity contribution < 1.29 is 0 Å². The number of hydrogen-bond acceptors (Lipinski definition) is 3. The molecule has 1 aromatic carbocycles. The second-order valence-electron chi connectivity index (χ2n) is 3.72. The minimum atomic E-state index is 0.136. The first-order chi connectivity index (χ1) is 8.20. The Morgan fingerprint density at radius 1 is 1.18 bits per heavy atom. The minimum absolute atomic E-state index is 0.136. The summed E-state index contributed by atoms with van der Waals surface area (Å²) in [5.74, 6) is 5.64. The van der Waals surface area contributed by atoms with Gasteiger partial charge in [0.25, 0.3) is 0 Å². The van der Waals surface area contributed by atoms with E-state index in [1.165, 1.54) is 11.1 Å². The van der Waals surface area contributed by atoms with Crippen LogP contribution in [0.1, 0.15) is 17.2 Å². The molecule has 2 nitrogen and oxygen atoms in total.